The second-order valence-electron chi connectivity index (χ2n) is 6.22. The molecule has 1 aromatic rings. The monoisotopic (exact) mass is 318 g/mol. The quantitative estimate of drug-likeness (QED) is 0.409. The van der Waals surface area contributed by atoms with Crippen LogP contribution in [0.5, 0.6) is 0 Å². The SMILES string of the molecule is [CH2]C(C)(C)[CH]OOC(=O)c1ccc([Si](C=C)(CC)CC)cc1. The molecule has 4 heteroatoms. The van der Waals surface area contributed by atoms with Crippen molar-refractivity contribution in [2.75, 3.05) is 0 Å². The molecule has 2 radical (unpaired) electrons. The van der Waals surface area contributed by atoms with E-state index in [-0.39, 0.29) is 0 Å². The standard InChI is InChI=1S/C18H26O3Si/c1-7-22(8-2,9-3)16-12-10-15(11-13-16)17(19)21-20-14-18(4,5)6/h7,10-14H,1,4,8-9H2,2-3,5-6H3. The molecule has 0 aliphatic heterocycles. The topological polar surface area (TPSA) is 35.5 Å². The largest absolute Gasteiger partial charge is 0.373 e. The number of hydrogen-bond donors (Lipinski definition) is 0. The first-order chi connectivity index (χ1) is 10.3. The first-order valence-corrected chi connectivity index (χ1v) is 10.1. The van der Waals surface area contributed by atoms with Gasteiger partial charge in [-0.15, -0.1) is 6.58 Å². The van der Waals surface area contributed by atoms with Crippen molar-refractivity contribution in [2.45, 2.75) is 39.8 Å². The van der Waals surface area contributed by atoms with E-state index in [1.165, 1.54) is 11.8 Å². The van der Waals surface area contributed by atoms with E-state index in [4.69, 9.17) is 9.78 Å². The Balaban J connectivity index is 2.76. The maximum Gasteiger partial charge on any atom is 0.373 e. The highest BCUT2D eigenvalue weighted by molar-refractivity contribution is 6.95. The van der Waals surface area contributed by atoms with Crippen molar-refractivity contribution in [3.63, 3.8) is 0 Å². The second-order valence-corrected chi connectivity index (χ2v) is 10.9. The minimum absolute atomic E-state index is 0.415. The van der Waals surface area contributed by atoms with E-state index in [1.54, 1.807) is 12.1 Å². The third-order valence-electron chi connectivity index (χ3n) is 3.84. The van der Waals surface area contributed by atoms with Crippen molar-refractivity contribution in [3.8, 4) is 0 Å². The lowest BCUT2D eigenvalue weighted by Crippen LogP contribution is -2.44. The second kappa shape index (κ2) is 7.74. The summed E-state index contributed by atoms with van der Waals surface area (Å²) in [5.41, 5.74) is 2.18. The molecule has 0 amide bonds. The maximum atomic E-state index is 11.9. The fourth-order valence-corrected chi connectivity index (χ4v) is 5.21. The molecule has 3 nitrogen and oxygen atoms in total. The zero-order chi connectivity index (χ0) is 16.8. The minimum Gasteiger partial charge on any atom is -0.292 e. The summed E-state index contributed by atoms with van der Waals surface area (Å²) in [6.07, 6.45) is 0. The van der Waals surface area contributed by atoms with Crippen molar-refractivity contribution in [1.82, 2.24) is 0 Å². The Bertz CT molecular complexity index is 496. The summed E-state index contributed by atoms with van der Waals surface area (Å²) in [6, 6.07) is 9.79. The molecular weight excluding hydrogens is 292 g/mol. The molecule has 1 aromatic carbocycles. The highest BCUT2D eigenvalue weighted by Crippen LogP contribution is 2.19. The predicted molar refractivity (Wildman–Crippen MR) is 92.9 cm³/mol. The van der Waals surface area contributed by atoms with Crippen LogP contribution in [0.3, 0.4) is 0 Å². The summed E-state index contributed by atoms with van der Waals surface area (Å²) in [6.45, 7) is 17.3. The Kier molecular flexibility index (Phi) is 6.57. The van der Waals surface area contributed by atoms with Gasteiger partial charge in [-0.05, 0) is 24.5 Å². The van der Waals surface area contributed by atoms with Crippen LogP contribution in [0.15, 0.2) is 36.5 Å². The molecule has 0 saturated heterocycles. The van der Waals surface area contributed by atoms with Gasteiger partial charge in [0.25, 0.3) is 0 Å². The lowest BCUT2D eigenvalue weighted by atomic mass is 9.99. The lowest BCUT2D eigenvalue weighted by Gasteiger charge is -2.25. The smallest absolute Gasteiger partial charge is 0.292 e. The van der Waals surface area contributed by atoms with Gasteiger partial charge in [-0.25, -0.2) is 4.79 Å². The lowest BCUT2D eigenvalue weighted by molar-refractivity contribution is -0.222. The Labute approximate surface area is 135 Å². The number of hydrogen-bond acceptors (Lipinski definition) is 3. The molecule has 1 rings (SSSR count). The normalized spacial score (nSPS) is 12.0. The van der Waals surface area contributed by atoms with Crippen LogP contribution >= 0.6 is 0 Å². The molecule has 0 bridgehead atoms. The van der Waals surface area contributed by atoms with Crippen LogP contribution < -0.4 is 5.19 Å². The van der Waals surface area contributed by atoms with E-state index in [2.05, 4.69) is 33.0 Å². The third-order valence-corrected chi connectivity index (χ3v) is 8.63. The van der Waals surface area contributed by atoms with Gasteiger partial charge in [0.05, 0.1) is 5.56 Å². The van der Waals surface area contributed by atoms with Gasteiger partial charge in [0, 0.05) is 0 Å². The Morgan fingerprint density at radius 3 is 2.18 bits per heavy atom. The van der Waals surface area contributed by atoms with Gasteiger partial charge in [0.1, 0.15) is 14.7 Å². The van der Waals surface area contributed by atoms with Crippen molar-refractivity contribution in [2.24, 2.45) is 5.41 Å². The Hall–Kier alpha value is -1.39. The molecule has 22 heavy (non-hydrogen) atoms. The highest BCUT2D eigenvalue weighted by Gasteiger charge is 2.27. The number of carbonyl (C=O) groups excluding carboxylic acids is 1. The average molecular weight is 318 g/mol. The first kappa shape index (κ1) is 18.7. The molecule has 0 spiro atoms. The Morgan fingerprint density at radius 1 is 1.23 bits per heavy atom. The van der Waals surface area contributed by atoms with Gasteiger partial charge in [0.2, 0.25) is 0 Å². The van der Waals surface area contributed by atoms with Gasteiger partial charge < -0.3 is 0 Å². The van der Waals surface area contributed by atoms with Gasteiger partial charge in [-0.1, -0.05) is 62.8 Å². The molecule has 0 N–H and O–H groups in total. The van der Waals surface area contributed by atoms with Gasteiger partial charge in [0.15, 0.2) is 0 Å². The van der Waals surface area contributed by atoms with Crippen molar-refractivity contribution >= 4 is 19.2 Å². The van der Waals surface area contributed by atoms with E-state index in [0.717, 1.165) is 12.1 Å². The molecule has 0 aliphatic rings. The van der Waals surface area contributed by atoms with E-state index < -0.39 is 19.5 Å². The van der Waals surface area contributed by atoms with Gasteiger partial charge in [-0.3, -0.25) is 4.89 Å². The predicted octanol–water partition coefficient (Wildman–Crippen LogP) is 4.22. The highest BCUT2D eigenvalue weighted by atomic mass is 28.3. The number of benzene rings is 1. The molecule has 0 saturated carbocycles. The summed E-state index contributed by atoms with van der Waals surface area (Å²) in [5.74, 6) is -0.508. The molecule has 0 aliphatic carbocycles. The molecule has 0 unspecified atom stereocenters. The summed E-state index contributed by atoms with van der Waals surface area (Å²) in [4.78, 5) is 21.5. The molecule has 0 heterocycles. The van der Waals surface area contributed by atoms with E-state index >= 15 is 0 Å². The first-order valence-electron chi connectivity index (χ1n) is 7.59. The summed E-state index contributed by atoms with van der Waals surface area (Å²) < 4.78 is 0. The van der Waals surface area contributed by atoms with Crippen LogP contribution in [-0.2, 0) is 9.78 Å². The molecule has 0 aromatic heterocycles. The van der Waals surface area contributed by atoms with Crippen LogP contribution in [0, 0.1) is 18.9 Å². The van der Waals surface area contributed by atoms with Crippen LogP contribution in [-0.4, -0.2) is 14.0 Å². The van der Waals surface area contributed by atoms with Crippen LogP contribution in [0.4, 0.5) is 0 Å². The van der Waals surface area contributed by atoms with Crippen LogP contribution in [0.1, 0.15) is 38.1 Å². The zero-order valence-corrected chi connectivity index (χ0v) is 15.0. The third kappa shape index (κ3) is 4.82. The molecule has 120 valence electrons. The number of rotatable bonds is 8. The van der Waals surface area contributed by atoms with Crippen molar-refractivity contribution in [3.05, 3.63) is 55.6 Å². The molecule has 0 atom stereocenters. The molecule has 0 fully saturated rings. The summed E-state index contributed by atoms with van der Waals surface area (Å²) in [7, 11) is -1.64. The Morgan fingerprint density at radius 2 is 1.77 bits per heavy atom. The van der Waals surface area contributed by atoms with E-state index in [0.29, 0.717) is 5.56 Å². The van der Waals surface area contributed by atoms with Gasteiger partial charge >= 0.3 is 5.97 Å². The minimum atomic E-state index is -1.64. The van der Waals surface area contributed by atoms with Crippen LogP contribution in [0.2, 0.25) is 12.1 Å². The molecular formula is C18H26O3Si. The van der Waals surface area contributed by atoms with Crippen LogP contribution in [0.25, 0.3) is 0 Å². The summed E-state index contributed by atoms with van der Waals surface area (Å²) in [5, 5.41) is 1.29. The summed E-state index contributed by atoms with van der Waals surface area (Å²) >= 11 is 0. The zero-order valence-electron chi connectivity index (χ0n) is 14.0. The van der Waals surface area contributed by atoms with Gasteiger partial charge in [-0.2, -0.15) is 4.89 Å². The van der Waals surface area contributed by atoms with Crippen molar-refractivity contribution < 1.29 is 14.6 Å². The average Bonchev–Trinajstić information content (AvgIpc) is 2.49. The maximum absolute atomic E-state index is 11.9. The van der Waals surface area contributed by atoms with E-state index in [1.807, 2.05) is 26.0 Å². The van der Waals surface area contributed by atoms with Crippen molar-refractivity contribution in [1.29, 1.82) is 0 Å². The fraction of sp³-hybridized carbons (Fsp3) is 0.389. The van der Waals surface area contributed by atoms with E-state index in [9.17, 15) is 4.79 Å². The fourth-order valence-electron chi connectivity index (χ4n) is 2.25. The number of carbonyl (C=O) groups is 1.